The third-order valence-electron chi connectivity index (χ3n) is 4.25. The van der Waals surface area contributed by atoms with Gasteiger partial charge >= 0.3 is 0 Å². The van der Waals surface area contributed by atoms with Gasteiger partial charge in [-0.2, -0.15) is 0 Å². The maximum Gasteiger partial charge on any atom is 0.270 e. The molecule has 1 heterocycles. The Kier molecular flexibility index (Phi) is 6.50. The molecule has 3 aromatic rings. The van der Waals surface area contributed by atoms with E-state index in [1.165, 1.54) is 12.1 Å². The Balaban J connectivity index is 1.69. The fourth-order valence-electron chi connectivity index (χ4n) is 2.70. The number of benzene rings is 2. The predicted octanol–water partition coefficient (Wildman–Crippen LogP) is 3.93. The van der Waals surface area contributed by atoms with Crippen molar-refractivity contribution in [3.63, 3.8) is 0 Å². The van der Waals surface area contributed by atoms with Crippen molar-refractivity contribution in [1.29, 1.82) is 0 Å². The summed E-state index contributed by atoms with van der Waals surface area (Å²) in [7, 11) is 0. The minimum Gasteiger partial charge on any atom is -0.419 e. The smallest absolute Gasteiger partial charge is 0.270 e. The van der Waals surface area contributed by atoms with Gasteiger partial charge in [-0.25, -0.2) is 0 Å². The highest BCUT2D eigenvalue weighted by atomic mass is 32.1. The summed E-state index contributed by atoms with van der Waals surface area (Å²) in [5.74, 6) is 0.611. The van der Waals surface area contributed by atoms with Crippen molar-refractivity contribution in [2.45, 2.75) is 33.0 Å². The highest BCUT2D eigenvalue weighted by molar-refractivity contribution is 7.80. The molecule has 3 rings (SSSR count). The first-order valence-electron chi connectivity index (χ1n) is 9.09. The molecule has 0 fully saturated rings. The summed E-state index contributed by atoms with van der Waals surface area (Å²) in [4.78, 5) is 12.4. The maximum atomic E-state index is 11.0. The molecule has 0 aliphatic carbocycles. The molecule has 29 heavy (non-hydrogen) atoms. The molecule has 150 valence electrons. The van der Waals surface area contributed by atoms with Crippen LogP contribution in [0.15, 0.2) is 59.0 Å². The van der Waals surface area contributed by atoms with Crippen LogP contribution in [0.4, 0.5) is 5.69 Å². The fourth-order valence-corrected chi connectivity index (χ4v) is 3.04. The molecule has 0 aliphatic rings. The summed E-state index contributed by atoms with van der Waals surface area (Å²) in [5, 5.41) is 22.9. The number of non-ortho nitro benzene ring substituents is 1. The Hall–Kier alpha value is -3.33. The van der Waals surface area contributed by atoms with Gasteiger partial charge in [-0.15, -0.1) is 10.2 Å². The van der Waals surface area contributed by atoms with Gasteiger partial charge < -0.3 is 14.6 Å². The van der Waals surface area contributed by atoms with E-state index in [2.05, 4.69) is 15.5 Å². The molecular formula is C20H21N5O3S. The summed E-state index contributed by atoms with van der Waals surface area (Å²) in [5.41, 5.74) is 1.60. The Morgan fingerprint density at radius 1 is 1.21 bits per heavy atom. The molecular weight excluding hydrogens is 390 g/mol. The average molecular weight is 411 g/mol. The van der Waals surface area contributed by atoms with Crippen LogP contribution in [0.25, 0.3) is 11.5 Å². The van der Waals surface area contributed by atoms with E-state index in [0.29, 0.717) is 29.7 Å². The van der Waals surface area contributed by atoms with E-state index < -0.39 is 4.92 Å². The van der Waals surface area contributed by atoms with Crippen LogP contribution in [0.5, 0.6) is 0 Å². The van der Waals surface area contributed by atoms with Gasteiger partial charge in [0.25, 0.3) is 5.69 Å². The third kappa shape index (κ3) is 5.35. The van der Waals surface area contributed by atoms with E-state index >= 15 is 0 Å². The number of hydrogen-bond acceptors (Lipinski definition) is 6. The summed E-state index contributed by atoms with van der Waals surface area (Å²) >= 11 is 5.55. The highest BCUT2D eigenvalue weighted by Gasteiger charge is 2.19. The van der Waals surface area contributed by atoms with Crippen LogP contribution in [0.2, 0.25) is 0 Å². The first kappa shape index (κ1) is 20.4. The minimum atomic E-state index is -0.460. The number of nitro groups is 1. The normalized spacial score (nSPS) is 10.7. The van der Waals surface area contributed by atoms with Gasteiger partial charge in [0.2, 0.25) is 11.8 Å². The molecule has 1 N–H and O–H groups in total. The van der Waals surface area contributed by atoms with Gasteiger partial charge in [0.1, 0.15) is 0 Å². The molecule has 0 radical (unpaired) electrons. The molecule has 0 atom stereocenters. The van der Waals surface area contributed by atoms with Crippen LogP contribution in [-0.2, 0) is 13.1 Å². The molecule has 9 heteroatoms. The van der Waals surface area contributed by atoms with Crippen LogP contribution < -0.4 is 5.32 Å². The Bertz CT molecular complexity index is 991. The highest BCUT2D eigenvalue weighted by Crippen LogP contribution is 2.23. The van der Waals surface area contributed by atoms with Crippen LogP contribution in [-0.4, -0.2) is 31.2 Å². The SMILES string of the molecule is CC(C)N(Cc1nnc(-c2cccc([N+](=O)[O-])c2)o1)C(=S)NCc1ccccc1. The maximum absolute atomic E-state index is 11.0. The van der Waals surface area contributed by atoms with E-state index in [1.54, 1.807) is 12.1 Å². The predicted molar refractivity (Wildman–Crippen MR) is 113 cm³/mol. The van der Waals surface area contributed by atoms with Crippen LogP contribution in [0.1, 0.15) is 25.3 Å². The first-order valence-corrected chi connectivity index (χ1v) is 9.50. The number of rotatable bonds is 7. The summed E-state index contributed by atoms with van der Waals surface area (Å²) in [6.07, 6.45) is 0. The summed E-state index contributed by atoms with van der Waals surface area (Å²) in [6, 6.07) is 16.2. The second kappa shape index (κ2) is 9.24. The monoisotopic (exact) mass is 411 g/mol. The van der Waals surface area contributed by atoms with Gasteiger partial charge in [0.05, 0.1) is 11.5 Å². The quantitative estimate of drug-likeness (QED) is 0.355. The molecule has 0 unspecified atom stereocenters. The number of nitrogens with zero attached hydrogens (tertiary/aromatic N) is 4. The van der Waals surface area contributed by atoms with Crippen molar-refractivity contribution >= 4 is 23.0 Å². The van der Waals surface area contributed by atoms with E-state index in [1.807, 2.05) is 49.1 Å². The van der Waals surface area contributed by atoms with E-state index in [0.717, 1.165) is 5.56 Å². The zero-order valence-electron chi connectivity index (χ0n) is 16.1. The molecule has 0 bridgehead atoms. The second-order valence-electron chi connectivity index (χ2n) is 6.67. The zero-order chi connectivity index (χ0) is 20.8. The topological polar surface area (TPSA) is 97.3 Å². The number of aromatic nitrogens is 2. The number of hydrogen-bond donors (Lipinski definition) is 1. The minimum absolute atomic E-state index is 0.0302. The van der Waals surface area contributed by atoms with Crippen molar-refractivity contribution in [3.05, 3.63) is 76.2 Å². The van der Waals surface area contributed by atoms with Crippen LogP contribution in [0.3, 0.4) is 0 Å². The van der Waals surface area contributed by atoms with Crippen molar-refractivity contribution in [2.24, 2.45) is 0 Å². The number of nitro benzene ring substituents is 1. The number of thiocarbonyl (C=S) groups is 1. The lowest BCUT2D eigenvalue weighted by Gasteiger charge is -2.28. The van der Waals surface area contributed by atoms with E-state index in [4.69, 9.17) is 16.6 Å². The van der Waals surface area contributed by atoms with Gasteiger partial charge in [-0.1, -0.05) is 36.4 Å². The lowest BCUT2D eigenvalue weighted by molar-refractivity contribution is -0.384. The molecule has 0 saturated heterocycles. The Morgan fingerprint density at radius 2 is 1.97 bits per heavy atom. The molecule has 2 aromatic carbocycles. The van der Waals surface area contributed by atoms with Crippen molar-refractivity contribution < 1.29 is 9.34 Å². The van der Waals surface area contributed by atoms with Gasteiger partial charge in [0.15, 0.2) is 5.11 Å². The van der Waals surface area contributed by atoms with E-state index in [9.17, 15) is 10.1 Å². The van der Waals surface area contributed by atoms with Crippen molar-refractivity contribution in [2.75, 3.05) is 0 Å². The molecule has 0 amide bonds. The number of nitrogens with one attached hydrogen (secondary N) is 1. The molecule has 0 spiro atoms. The van der Waals surface area contributed by atoms with Crippen LogP contribution in [0, 0.1) is 10.1 Å². The van der Waals surface area contributed by atoms with Gasteiger partial charge in [0, 0.05) is 30.3 Å². The lowest BCUT2D eigenvalue weighted by atomic mass is 10.2. The summed E-state index contributed by atoms with van der Waals surface area (Å²) < 4.78 is 5.72. The Labute approximate surface area is 173 Å². The van der Waals surface area contributed by atoms with Crippen molar-refractivity contribution in [3.8, 4) is 11.5 Å². The first-order chi connectivity index (χ1) is 13.9. The lowest BCUT2D eigenvalue weighted by Crippen LogP contribution is -2.43. The standard InChI is InChI=1S/C20H21N5O3S/c1-14(2)24(20(29)21-12-15-7-4-3-5-8-15)13-18-22-23-19(28-18)16-9-6-10-17(11-16)25(26)27/h3-11,14H,12-13H2,1-2H3,(H,21,29). The van der Waals surface area contributed by atoms with E-state index in [-0.39, 0.29) is 17.6 Å². The summed E-state index contributed by atoms with van der Waals surface area (Å²) in [6.45, 7) is 4.99. The Morgan fingerprint density at radius 3 is 2.66 bits per heavy atom. The van der Waals surface area contributed by atoms with Crippen molar-refractivity contribution in [1.82, 2.24) is 20.4 Å². The molecule has 0 aliphatic heterocycles. The largest absolute Gasteiger partial charge is 0.419 e. The zero-order valence-corrected chi connectivity index (χ0v) is 16.9. The molecule has 8 nitrogen and oxygen atoms in total. The van der Waals surface area contributed by atoms with Gasteiger partial charge in [-0.3, -0.25) is 10.1 Å². The fraction of sp³-hybridized carbons (Fsp3) is 0.250. The molecule has 1 aromatic heterocycles. The van der Waals surface area contributed by atoms with Gasteiger partial charge in [-0.05, 0) is 37.7 Å². The third-order valence-corrected chi connectivity index (χ3v) is 4.63. The van der Waals surface area contributed by atoms with Crippen LogP contribution >= 0.6 is 12.2 Å². The molecule has 0 saturated carbocycles. The second-order valence-corrected chi connectivity index (χ2v) is 7.06. The average Bonchev–Trinajstić information content (AvgIpc) is 3.19.